The van der Waals surface area contributed by atoms with Gasteiger partial charge in [-0.3, -0.25) is 29.8 Å². The number of amides is 2. The van der Waals surface area contributed by atoms with Gasteiger partial charge in [0.15, 0.2) is 0 Å². The minimum atomic E-state index is -1.21. The van der Waals surface area contributed by atoms with Gasteiger partial charge in [-0.1, -0.05) is 66.7 Å². The summed E-state index contributed by atoms with van der Waals surface area (Å²) in [6.07, 6.45) is 5.42. The summed E-state index contributed by atoms with van der Waals surface area (Å²) in [5.41, 5.74) is 2.37. The van der Waals surface area contributed by atoms with Gasteiger partial charge in [0, 0.05) is 54.2 Å². The number of nitrogens with one attached hydrogen (secondary N) is 2. The minimum absolute atomic E-state index is 0.0239. The van der Waals surface area contributed by atoms with E-state index in [0.29, 0.717) is 39.8 Å². The third-order valence-electron chi connectivity index (χ3n) is 7.92. The zero-order valence-electron chi connectivity index (χ0n) is 30.7. The third kappa shape index (κ3) is 12.3. The maximum Gasteiger partial charge on any atom is 0.337 e. The molecule has 0 unspecified atom stereocenters. The number of anilines is 2. The average Bonchev–Trinajstić information content (AvgIpc) is 3.22. The van der Waals surface area contributed by atoms with Gasteiger partial charge in [0.25, 0.3) is 11.4 Å². The van der Waals surface area contributed by atoms with Gasteiger partial charge >= 0.3 is 5.97 Å². The highest BCUT2D eigenvalue weighted by Gasteiger charge is 2.14. The van der Waals surface area contributed by atoms with E-state index in [1.54, 1.807) is 48.5 Å². The summed E-state index contributed by atoms with van der Waals surface area (Å²) >= 11 is 0. The van der Waals surface area contributed by atoms with Crippen molar-refractivity contribution < 1.29 is 38.8 Å². The number of hydrogen-bond acceptors (Lipinski definition) is 9. The smallest absolute Gasteiger partial charge is 0.337 e. The first-order valence-electron chi connectivity index (χ1n) is 17.3. The van der Waals surface area contributed by atoms with E-state index in [-0.39, 0.29) is 28.5 Å². The molecule has 0 aliphatic carbocycles. The third-order valence-corrected chi connectivity index (χ3v) is 7.92. The first-order chi connectivity index (χ1) is 27.9. The molecule has 2 amide bonds. The molecular formula is C44H34N4O10. The van der Waals surface area contributed by atoms with Crippen LogP contribution in [0, 0.1) is 27.2 Å². The highest BCUT2D eigenvalue weighted by atomic mass is 16.6. The van der Waals surface area contributed by atoms with Gasteiger partial charge in [-0.15, -0.1) is 0 Å². The lowest BCUT2D eigenvalue weighted by Gasteiger charge is -2.11. The SMILES string of the molecule is Cc1ccc(Oc2ccccc2)cc1NC(=O)/C=C/c1cccc([N+](=O)[O-])c1.O=C(/C=C/c1cccc([N+](=O)[O-])c1)Nc1cc(Oc2ccccc2)ccc1C(=O)O. The Labute approximate surface area is 331 Å². The van der Waals surface area contributed by atoms with Crippen molar-refractivity contribution >= 4 is 52.7 Å². The summed E-state index contributed by atoms with van der Waals surface area (Å²) in [5, 5.41) is 36.3. The Kier molecular flexibility index (Phi) is 13.9. The van der Waals surface area contributed by atoms with Crippen molar-refractivity contribution in [2.75, 3.05) is 10.6 Å². The number of carboxylic acid groups (broad SMARTS) is 1. The monoisotopic (exact) mass is 778 g/mol. The molecule has 0 saturated heterocycles. The molecule has 0 atom stereocenters. The number of rotatable bonds is 13. The fraction of sp³-hybridized carbons (Fsp3) is 0.0227. The molecule has 6 aromatic rings. The molecule has 3 N–H and O–H groups in total. The van der Waals surface area contributed by atoms with Crippen LogP contribution in [-0.4, -0.2) is 32.7 Å². The lowest BCUT2D eigenvalue weighted by molar-refractivity contribution is -0.385. The van der Waals surface area contributed by atoms with Crippen LogP contribution in [-0.2, 0) is 9.59 Å². The van der Waals surface area contributed by atoms with Crippen LogP contribution in [0.1, 0.15) is 27.0 Å². The van der Waals surface area contributed by atoms with Gasteiger partial charge in [-0.05, 0) is 78.2 Å². The Morgan fingerprint density at radius 1 is 0.552 bits per heavy atom. The molecule has 0 aromatic heterocycles. The molecule has 58 heavy (non-hydrogen) atoms. The summed E-state index contributed by atoms with van der Waals surface area (Å²) in [6, 6.07) is 39.8. The number of carbonyl (C=O) groups excluding carboxylic acids is 2. The lowest BCUT2D eigenvalue weighted by Crippen LogP contribution is -2.12. The van der Waals surface area contributed by atoms with E-state index in [4.69, 9.17) is 9.47 Å². The van der Waals surface area contributed by atoms with Crippen LogP contribution in [0.25, 0.3) is 12.2 Å². The molecule has 0 bridgehead atoms. The number of ether oxygens (including phenoxy) is 2. The highest BCUT2D eigenvalue weighted by Crippen LogP contribution is 2.28. The number of benzene rings is 6. The zero-order chi connectivity index (χ0) is 41.4. The van der Waals surface area contributed by atoms with Crippen LogP contribution in [0.2, 0.25) is 0 Å². The fourth-order valence-corrected chi connectivity index (χ4v) is 5.10. The van der Waals surface area contributed by atoms with Gasteiger partial charge < -0.3 is 25.2 Å². The largest absolute Gasteiger partial charge is 0.478 e. The summed E-state index contributed by atoms with van der Waals surface area (Å²) in [4.78, 5) is 56.7. The summed E-state index contributed by atoms with van der Waals surface area (Å²) < 4.78 is 11.5. The molecule has 14 heteroatoms. The van der Waals surface area contributed by atoms with Crippen LogP contribution < -0.4 is 20.1 Å². The van der Waals surface area contributed by atoms with Gasteiger partial charge in [-0.25, -0.2) is 4.79 Å². The van der Waals surface area contributed by atoms with Gasteiger partial charge in [0.2, 0.25) is 11.8 Å². The number of nitrogens with zero attached hydrogens (tertiary/aromatic N) is 2. The molecule has 6 rings (SSSR count). The fourth-order valence-electron chi connectivity index (χ4n) is 5.10. The first-order valence-corrected chi connectivity index (χ1v) is 17.3. The predicted octanol–water partition coefficient (Wildman–Crippen LogP) is 10.1. The molecule has 0 spiro atoms. The van der Waals surface area contributed by atoms with Gasteiger partial charge in [-0.2, -0.15) is 0 Å². The second kappa shape index (κ2) is 19.8. The van der Waals surface area contributed by atoms with Gasteiger partial charge in [0.1, 0.15) is 23.0 Å². The Bertz CT molecular complexity index is 2500. The first kappa shape index (κ1) is 40.8. The number of aryl methyl sites for hydroxylation is 1. The number of hydrogen-bond donors (Lipinski definition) is 3. The Morgan fingerprint density at radius 2 is 1.00 bits per heavy atom. The normalized spacial score (nSPS) is 10.6. The number of aromatic carboxylic acids is 1. The van der Waals surface area contributed by atoms with Crippen molar-refractivity contribution in [1.82, 2.24) is 0 Å². The Hall–Kier alpha value is -8.39. The van der Waals surface area contributed by atoms with Crippen LogP contribution in [0.4, 0.5) is 22.7 Å². The summed E-state index contributed by atoms with van der Waals surface area (Å²) in [6.45, 7) is 1.88. The topological polar surface area (TPSA) is 200 Å². The summed E-state index contributed by atoms with van der Waals surface area (Å²) in [7, 11) is 0. The molecule has 0 radical (unpaired) electrons. The van der Waals surface area contributed by atoms with E-state index in [9.17, 15) is 39.7 Å². The zero-order valence-corrected chi connectivity index (χ0v) is 30.7. The average molecular weight is 779 g/mol. The standard InChI is InChI=1S/C22H16N2O6.C22H18N2O4/c25-21(12-9-15-5-4-6-16(13-15)24(28)29)23-20-14-18(10-11-19(20)22(26)27)30-17-7-2-1-3-8-17;1-16-10-12-20(28-19-8-3-2-4-9-19)15-21(16)23-22(25)13-11-17-6-5-7-18(14-17)24(26)27/h1-14H,(H,23,25)(H,26,27);2-15H,1H3,(H,23,25)/b12-9+;13-11+. The van der Waals surface area contributed by atoms with E-state index < -0.39 is 21.7 Å². The lowest BCUT2D eigenvalue weighted by atomic mass is 10.1. The number of carboxylic acids is 1. The van der Waals surface area contributed by atoms with E-state index in [0.717, 1.165) is 11.6 Å². The second-order valence-corrected chi connectivity index (χ2v) is 12.2. The van der Waals surface area contributed by atoms with Crippen molar-refractivity contribution in [3.05, 3.63) is 200 Å². The molecule has 0 fully saturated rings. The number of non-ortho nitro benzene ring substituents is 2. The molecule has 0 heterocycles. The number of carbonyl (C=O) groups is 3. The minimum Gasteiger partial charge on any atom is -0.478 e. The van der Waals surface area contributed by atoms with Gasteiger partial charge in [0.05, 0.1) is 21.1 Å². The Balaban J connectivity index is 0.000000221. The van der Waals surface area contributed by atoms with Crippen LogP contribution in [0.15, 0.2) is 158 Å². The van der Waals surface area contributed by atoms with Crippen molar-refractivity contribution in [2.45, 2.75) is 6.92 Å². The number of para-hydroxylation sites is 2. The van der Waals surface area contributed by atoms with Crippen molar-refractivity contribution in [1.29, 1.82) is 0 Å². The molecule has 290 valence electrons. The van der Waals surface area contributed by atoms with Crippen molar-refractivity contribution in [2.24, 2.45) is 0 Å². The Morgan fingerprint density at radius 3 is 1.47 bits per heavy atom. The molecule has 0 aliphatic heterocycles. The van der Waals surface area contributed by atoms with E-state index in [1.165, 1.54) is 66.8 Å². The molecular weight excluding hydrogens is 745 g/mol. The van der Waals surface area contributed by atoms with E-state index in [1.807, 2.05) is 55.5 Å². The van der Waals surface area contributed by atoms with Crippen molar-refractivity contribution in [3.63, 3.8) is 0 Å². The quantitative estimate of drug-likeness (QED) is 0.0575. The predicted molar refractivity (Wildman–Crippen MR) is 219 cm³/mol. The molecule has 6 aromatic carbocycles. The number of nitro groups is 2. The highest BCUT2D eigenvalue weighted by molar-refractivity contribution is 6.06. The van der Waals surface area contributed by atoms with Crippen LogP contribution in [0.3, 0.4) is 0 Å². The summed E-state index contributed by atoms with van der Waals surface area (Å²) in [5.74, 6) is 0.0723. The molecule has 0 saturated carbocycles. The van der Waals surface area contributed by atoms with E-state index >= 15 is 0 Å². The van der Waals surface area contributed by atoms with Crippen molar-refractivity contribution in [3.8, 4) is 23.0 Å². The maximum absolute atomic E-state index is 12.3. The molecule has 0 aliphatic rings. The second-order valence-electron chi connectivity index (χ2n) is 12.2. The van der Waals surface area contributed by atoms with E-state index in [2.05, 4.69) is 10.6 Å². The van der Waals surface area contributed by atoms with Crippen LogP contribution in [0.5, 0.6) is 23.0 Å². The maximum atomic E-state index is 12.3. The molecule has 14 nitrogen and oxygen atoms in total. The number of nitro benzene ring substituents is 2. The van der Waals surface area contributed by atoms with Crippen LogP contribution >= 0.6 is 0 Å².